The van der Waals surface area contributed by atoms with Crippen molar-refractivity contribution in [3.63, 3.8) is 0 Å². The van der Waals surface area contributed by atoms with Crippen LogP contribution in [0.5, 0.6) is 0 Å². The van der Waals surface area contributed by atoms with Crippen LogP contribution in [0.4, 0.5) is 0 Å². The summed E-state index contributed by atoms with van der Waals surface area (Å²) < 4.78 is 13.1. The van der Waals surface area contributed by atoms with Gasteiger partial charge in [-0.05, 0) is 198 Å². The predicted octanol–water partition coefficient (Wildman–Crippen LogP) is 31.9. The summed E-state index contributed by atoms with van der Waals surface area (Å²) in [4.78, 5) is 0. The van der Waals surface area contributed by atoms with E-state index < -0.39 is 0 Å². The van der Waals surface area contributed by atoms with Crippen molar-refractivity contribution in [2.75, 3.05) is 25.6 Å². The molecule has 0 bridgehead atoms. The van der Waals surface area contributed by atoms with Crippen LogP contribution in [0, 0.1) is 11.8 Å². The first-order valence-electron chi connectivity index (χ1n) is 23.5. The minimum atomic E-state index is 0.00720. The second kappa shape index (κ2) is 59.2. The first kappa shape index (κ1) is 98.3. The molecule has 84 heavy (non-hydrogen) atoms. The monoisotopic (exact) mass is 1990 g/mol. The fourth-order valence-electron chi connectivity index (χ4n) is 5.93. The number of nitrogens with zero attached hydrogens (tertiary/aromatic N) is 4. The molecular formula is C31H89N4O3P45S. The van der Waals surface area contributed by atoms with Crippen molar-refractivity contribution in [2.45, 2.75) is 45.1 Å². The van der Waals surface area contributed by atoms with Gasteiger partial charge in [0, 0.05) is 25.6 Å². The van der Waals surface area contributed by atoms with Crippen molar-refractivity contribution >= 4 is 374 Å². The Morgan fingerprint density at radius 1 is 0.452 bits per heavy atom. The zero-order valence-corrected chi connectivity index (χ0v) is 93.7. The molecule has 482 valence electrons. The smallest absolute Gasteiger partial charge is 0.214 e. The summed E-state index contributed by atoms with van der Waals surface area (Å²) >= 11 is 1.68. The van der Waals surface area contributed by atoms with Crippen LogP contribution in [0.15, 0.2) is 96.2 Å². The summed E-state index contributed by atoms with van der Waals surface area (Å²) in [6.07, 6.45) is 1.87. The van der Waals surface area contributed by atoms with Crippen LogP contribution in [-0.4, -0.2) is 50.9 Å². The van der Waals surface area contributed by atoms with E-state index in [1.807, 2.05) is 66.7 Å². The topological polar surface area (TPSA) is 82.3 Å². The fraction of sp³-hybridized carbons (Fsp3) is 0.387. The number of thioether (sulfide) groups is 1. The van der Waals surface area contributed by atoms with Crippen LogP contribution < -0.4 is 0 Å². The highest BCUT2D eigenvalue weighted by Crippen LogP contribution is 3.34. The molecule has 4 rings (SSSR count). The highest BCUT2D eigenvalue weighted by molar-refractivity contribution is 9.40. The van der Waals surface area contributed by atoms with Crippen LogP contribution in [0.1, 0.15) is 37.8 Å². The molecule has 0 saturated carbocycles. The molecule has 0 aliphatic rings. The van der Waals surface area contributed by atoms with Gasteiger partial charge in [0.2, 0.25) is 5.16 Å². The Morgan fingerprint density at radius 2 is 0.762 bits per heavy atom. The normalized spacial score (nSPS) is 14.0. The molecule has 0 aliphatic heterocycles. The maximum absolute atomic E-state index is 8.70. The molecule has 7 nitrogen and oxygen atoms in total. The molecule has 27 unspecified atom stereocenters. The second-order valence-electron chi connectivity index (χ2n) is 16.4. The van der Waals surface area contributed by atoms with Crippen LogP contribution in [0.25, 0.3) is 5.69 Å². The van der Waals surface area contributed by atoms with Gasteiger partial charge in [0.25, 0.3) is 0 Å². The first-order chi connectivity index (χ1) is 39.5. The highest BCUT2D eigenvalue weighted by atomic mass is 33.5. The lowest BCUT2D eigenvalue weighted by Gasteiger charge is -2.47. The van der Waals surface area contributed by atoms with Crippen molar-refractivity contribution in [1.82, 2.24) is 20.2 Å². The Bertz CT molecular complexity index is 2120. The molecule has 3 aromatic carbocycles. The van der Waals surface area contributed by atoms with Gasteiger partial charge >= 0.3 is 0 Å². The third-order valence-electron chi connectivity index (χ3n) is 9.49. The van der Waals surface area contributed by atoms with E-state index in [1.54, 1.807) is 16.4 Å². The van der Waals surface area contributed by atoms with Gasteiger partial charge in [-0.25, -0.2) is 0 Å². The lowest BCUT2D eigenvalue weighted by Crippen LogP contribution is -2.07. The van der Waals surface area contributed by atoms with E-state index >= 15 is 0 Å². The van der Waals surface area contributed by atoms with E-state index in [0.29, 0.717) is 25.0 Å². The van der Waals surface area contributed by atoms with Crippen molar-refractivity contribution in [3.05, 3.63) is 102 Å². The quantitative estimate of drug-likeness (QED) is 0.0369. The number of rotatable bonds is 34. The molecule has 0 amide bonds. The predicted molar refractivity (Wildman–Crippen MR) is 536 cm³/mol. The Hall–Kier alpha value is 16.3. The number of hydrogen-bond acceptors (Lipinski definition) is 7. The van der Waals surface area contributed by atoms with E-state index in [4.69, 9.17) is 14.6 Å². The molecule has 0 radical (unpaired) electrons. The number of aliphatic hydroxyl groups excluding tert-OH is 1. The summed E-state index contributed by atoms with van der Waals surface area (Å²) in [7, 11) is 77.7. The zero-order valence-electron chi connectivity index (χ0n) is 46.2. The Kier molecular flexibility index (Phi) is 69.3. The second-order valence-corrected chi connectivity index (χ2v) is 194. The van der Waals surface area contributed by atoms with Gasteiger partial charge in [0.05, 0.1) is 18.9 Å². The average Bonchev–Trinajstić information content (AvgIpc) is 3.37. The summed E-state index contributed by atoms with van der Waals surface area (Å²) in [6.45, 7) is 8.52. The highest BCUT2D eigenvalue weighted by Gasteiger charge is 2.46. The standard InChI is InChI=1S/C19H22N4OS.C12H18O2.H25P23.H24P22/c1-16(14-24-15-17-8-4-2-5-9-17)12-13-25-19-20-21-22-23(19)18-10-6-3-7-11-18;1-11(7-8-13)9-14-10-12-5-3-2-4-6-12;1-13-19(12)22(18(10)11)23(20(14(2)3)15(4)5)21(16(6)7)17(8)9;1-13(2)19(14(3)4)22(20(15(5)6)16(7)8)21(17(9)10)18(11)12/h2-11,16H,12-15H2,1H3;2-6,11,13H,7-10H2,1H3;13H,1-12H2;1-12H2/t16-;11-;;/m00../s1. The number of benzene rings is 3. The Labute approximate surface area is 591 Å². The largest absolute Gasteiger partial charge is 0.396 e. The SMILES string of the molecule is C[C@@H](CCO)COCc1ccccc1.C[C@@H](CCSc1nnnn1-c1ccccc1)COCc1ccccc1.PP(P)P(P(P)P)P(P(P(P)P)P(P)P)P(P(P)P)P(P)P.PPP(P)P(P(P)P)P(P(P(P)P)P(P)P)P(P(P)P)P(P)P. The van der Waals surface area contributed by atoms with Gasteiger partial charge in [-0.3, -0.25) is 0 Å². The number of tetrazole rings is 1. The fourth-order valence-corrected chi connectivity index (χ4v) is 561. The summed E-state index contributed by atoms with van der Waals surface area (Å²) in [5.41, 5.74) is 3.39. The Morgan fingerprint density at radius 3 is 1.07 bits per heavy atom. The lowest BCUT2D eigenvalue weighted by atomic mass is 10.1. The van der Waals surface area contributed by atoms with Crippen molar-refractivity contribution < 1.29 is 14.6 Å². The van der Waals surface area contributed by atoms with Crippen molar-refractivity contribution in [3.8, 4) is 5.69 Å². The third kappa shape index (κ3) is 41.8. The van der Waals surface area contributed by atoms with Gasteiger partial charge < -0.3 is 14.6 Å². The molecule has 29 atom stereocenters. The molecule has 4 aromatic rings. The van der Waals surface area contributed by atoms with Crippen molar-refractivity contribution in [2.24, 2.45) is 11.8 Å². The summed E-state index contributed by atoms with van der Waals surface area (Å²) in [6, 6.07) is 30.3. The number of aliphatic hydroxyl groups is 1. The third-order valence-corrected chi connectivity index (χ3v) is 295. The Balaban J connectivity index is 0.000000570. The van der Waals surface area contributed by atoms with Gasteiger partial charge in [-0.1, -0.05) is 112 Å². The average molecular weight is 1990 g/mol. The molecular weight excluding hydrogens is 1900 g/mol. The number of para-hydroxylation sites is 1. The maximum Gasteiger partial charge on any atom is 0.214 e. The molecule has 1 aromatic heterocycles. The first-order valence-corrected chi connectivity index (χ1v) is 105. The van der Waals surface area contributed by atoms with Crippen LogP contribution in [-0.2, 0) is 22.7 Å². The van der Waals surface area contributed by atoms with E-state index in [9.17, 15) is 0 Å². The van der Waals surface area contributed by atoms with Crippen LogP contribution in [0.3, 0.4) is 0 Å². The minimum Gasteiger partial charge on any atom is -0.396 e. The van der Waals surface area contributed by atoms with Gasteiger partial charge in [-0.15, -0.1) is 219 Å². The van der Waals surface area contributed by atoms with E-state index in [2.05, 4.69) is 268 Å². The van der Waals surface area contributed by atoms with E-state index in [1.165, 1.54) is 11.1 Å². The number of hydrogen-bond donors (Lipinski definition) is 1. The van der Waals surface area contributed by atoms with Gasteiger partial charge in [-0.2, -0.15) is 4.68 Å². The lowest BCUT2D eigenvalue weighted by molar-refractivity contribution is 0.0828. The maximum atomic E-state index is 8.70. The van der Waals surface area contributed by atoms with E-state index in [0.717, 1.165) is 50.6 Å². The molecule has 0 aliphatic carbocycles. The van der Waals surface area contributed by atoms with Gasteiger partial charge in [0.15, 0.2) is 0 Å². The van der Waals surface area contributed by atoms with Crippen LogP contribution in [0.2, 0.25) is 0 Å². The van der Waals surface area contributed by atoms with Crippen LogP contribution >= 0.6 is 374 Å². The minimum absolute atomic E-state index is 0.00720. The number of ether oxygens (including phenoxy) is 2. The van der Waals surface area contributed by atoms with E-state index in [-0.39, 0.29) is 146 Å². The molecule has 0 spiro atoms. The summed E-state index contributed by atoms with van der Waals surface area (Å²) in [5, 5.41) is 21.5. The van der Waals surface area contributed by atoms with Crippen molar-refractivity contribution in [1.29, 1.82) is 0 Å². The molecule has 1 heterocycles. The molecule has 1 N–H and O–H groups in total. The number of aromatic nitrogens is 4. The van der Waals surface area contributed by atoms with Gasteiger partial charge in [0.1, 0.15) is 0 Å². The molecule has 53 heteroatoms. The zero-order chi connectivity index (χ0) is 63.8. The molecule has 0 fully saturated rings. The summed E-state index contributed by atoms with van der Waals surface area (Å²) in [5.74, 6) is 1.89. The molecule has 0 saturated heterocycles.